The standard InChI is InChI=1S/C16H23N3/c1-2-14-10-13(12-18-8-4-17-5-9-18)11-15-3-7-19(6-1)16(14)15/h10-11,17H,1-9,12H2. The number of hydrogen-bond donors (Lipinski definition) is 1. The lowest BCUT2D eigenvalue weighted by atomic mass is 9.96. The van der Waals surface area contributed by atoms with Gasteiger partial charge in [0.25, 0.3) is 0 Å². The molecular formula is C16H23N3. The minimum absolute atomic E-state index is 1.14. The molecule has 0 unspecified atom stereocenters. The zero-order valence-electron chi connectivity index (χ0n) is 11.6. The lowest BCUT2D eigenvalue weighted by molar-refractivity contribution is 0.233. The van der Waals surface area contributed by atoms with Crippen molar-refractivity contribution in [1.29, 1.82) is 0 Å². The fraction of sp³-hybridized carbons (Fsp3) is 0.625. The summed E-state index contributed by atoms with van der Waals surface area (Å²) in [6.07, 6.45) is 3.88. The molecule has 3 heteroatoms. The molecule has 1 fully saturated rings. The minimum atomic E-state index is 1.14. The summed E-state index contributed by atoms with van der Waals surface area (Å²) in [4.78, 5) is 5.18. The maximum Gasteiger partial charge on any atom is 0.0432 e. The normalized spacial score (nSPS) is 22.6. The first-order valence-electron chi connectivity index (χ1n) is 7.73. The van der Waals surface area contributed by atoms with Gasteiger partial charge in [0.05, 0.1) is 0 Å². The first-order chi connectivity index (χ1) is 9.40. The lowest BCUT2D eigenvalue weighted by Gasteiger charge is -2.30. The summed E-state index contributed by atoms with van der Waals surface area (Å²) in [6, 6.07) is 4.96. The van der Waals surface area contributed by atoms with E-state index >= 15 is 0 Å². The maximum atomic E-state index is 3.43. The largest absolute Gasteiger partial charge is 0.371 e. The molecule has 0 atom stereocenters. The van der Waals surface area contributed by atoms with Crippen LogP contribution in [0.1, 0.15) is 23.1 Å². The second kappa shape index (κ2) is 4.80. The Morgan fingerprint density at radius 2 is 1.74 bits per heavy atom. The van der Waals surface area contributed by atoms with E-state index in [0.717, 1.165) is 19.6 Å². The molecule has 1 N–H and O–H groups in total. The van der Waals surface area contributed by atoms with Crippen molar-refractivity contribution >= 4 is 5.69 Å². The smallest absolute Gasteiger partial charge is 0.0432 e. The number of anilines is 1. The summed E-state index contributed by atoms with van der Waals surface area (Å²) in [7, 11) is 0. The number of rotatable bonds is 2. The van der Waals surface area contributed by atoms with Crippen LogP contribution in [0.15, 0.2) is 12.1 Å². The van der Waals surface area contributed by atoms with Gasteiger partial charge in [-0.3, -0.25) is 4.90 Å². The molecule has 1 saturated heterocycles. The average molecular weight is 257 g/mol. The topological polar surface area (TPSA) is 18.5 Å². The summed E-state index contributed by atoms with van der Waals surface area (Å²) >= 11 is 0. The average Bonchev–Trinajstić information content (AvgIpc) is 2.85. The third-order valence-electron chi connectivity index (χ3n) is 4.78. The number of hydrogen-bond acceptors (Lipinski definition) is 3. The maximum absolute atomic E-state index is 3.43. The zero-order valence-corrected chi connectivity index (χ0v) is 11.6. The molecule has 0 bridgehead atoms. The second-order valence-electron chi connectivity index (χ2n) is 6.13. The van der Waals surface area contributed by atoms with Gasteiger partial charge in [0.1, 0.15) is 0 Å². The van der Waals surface area contributed by atoms with E-state index in [4.69, 9.17) is 0 Å². The van der Waals surface area contributed by atoms with E-state index in [0.29, 0.717) is 0 Å². The van der Waals surface area contributed by atoms with Crippen LogP contribution in [-0.2, 0) is 19.4 Å². The van der Waals surface area contributed by atoms with Crippen LogP contribution < -0.4 is 10.2 Å². The molecule has 3 aliphatic heterocycles. The van der Waals surface area contributed by atoms with Crippen molar-refractivity contribution in [2.75, 3.05) is 44.2 Å². The van der Waals surface area contributed by atoms with E-state index < -0.39 is 0 Å². The molecule has 0 spiro atoms. The van der Waals surface area contributed by atoms with E-state index in [1.54, 1.807) is 22.4 Å². The fourth-order valence-electron chi connectivity index (χ4n) is 3.89. The quantitative estimate of drug-likeness (QED) is 0.864. The van der Waals surface area contributed by atoms with E-state index in [-0.39, 0.29) is 0 Å². The summed E-state index contributed by atoms with van der Waals surface area (Å²) in [6.45, 7) is 8.34. The monoisotopic (exact) mass is 257 g/mol. The van der Waals surface area contributed by atoms with Crippen molar-refractivity contribution in [3.05, 3.63) is 28.8 Å². The second-order valence-corrected chi connectivity index (χ2v) is 6.13. The zero-order chi connectivity index (χ0) is 12.7. The predicted molar refractivity (Wildman–Crippen MR) is 78.8 cm³/mol. The van der Waals surface area contributed by atoms with Gasteiger partial charge >= 0.3 is 0 Å². The van der Waals surface area contributed by atoms with Gasteiger partial charge < -0.3 is 10.2 Å². The fourth-order valence-corrected chi connectivity index (χ4v) is 3.89. The summed E-state index contributed by atoms with van der Waals surface area (Å²) in [5.41, 5.74) is 6.36. The van der Waals surface area contributed by atoms with Crippen LogP contribution in [0, 0.1) is 0 Å². The molecule has 19 heavy (non-hydrogen) atoms. The van der Waals surface area contributed by atoms with Crippen molar-refractivity contribution < 1.29 is 0 Å². The van der Waals surface area contributed by atoms with E-state index in [2.05, 4.69) is 27.2 Å². The minimum Gasteiger partial charge on any atom is -0.371 e. The van der Waals surface area contributed by atoms with Gasteiger partial charge in [-0.1, -0.05) is 12.1 Å². The van der Waals surface area contributed by atoms with Gasteiger partial charge in [0, 0.05) is 51.5 Å². The molecule has 3 nitrogen and oxygen atoms in total. The van der Waals surface area contributed by atoms with Gasteiger partial charge in [-0.05, 0) is 36.0 Å². The Morgan fingerprint density at radius 1 is 0.947 bits per heavy atom. The first-order valence-corrected chi connectivity index (χ1v) is 7.73. The summed E-state index contributed by atoms with van der Waals surface area (Å²) in [5, 5.41) is 3.43. The van der Waals surface area contributed by atoms with Crippen LogP contribution in [0.3, 0.4) is 0 Å². The first kappa shape index (κ1) is 11.7. The van der Waals surface area contributed by atoms with E-state index in [1.807, 2.05) is 0 Å². The highest BCUT2D eigenvalue weighted by molar-refractivity contribution is 5.65. The van der Waals surface area contributed by atoms with Gasteiger partial charge in [-0.15, -0.1) is 0 Å². The van der Waals surface area contributed by atoms with Crippen molar-refractivity contribution in [2.45, 2.75) is 25.8 Å². The summed E-state index contributed by atoms with van der Waals surface area (Å²) in [5.74, 6) is 0. The van der Waals surface area contributed by atoms with Gasteiger partial charge in [0.15, 0.2) is 0 Å². The Labute approximate surface area is 115 Å². The number of nitrogens with one attached hydrogen (secondary N) is 1. The molecular weight excluding hydrogens is 234 g/mol. The van der Waals surface area contributed by atoms with Gasteiger partial charge in [-0.2, -0.15) is 0 Å². The molecule has 102 valence electrons. The number of aryl methyl sites for hydroxylation is 1. The van der Waals surface area contributed by atoms with Crippen molar-refractivity contribution in [1.82, 2.24) is 10.2 Å². The van der Waals surface area contributed by atoms with Crippen LogP contribution in [-0.4, -0.2) is 44.2 Å². The molecule has 4 rings (SSSR count). The van der Waals surface area contributed by atoms with E-state index in [9.17, 15) is 0 Å². The van der Waals surface area contributed by atoms with Gasteiger partial charge in [-0.25, -0.2) is 0 Å². The molecule has 1 aromatic carbocycles. The van der Waals surface area contributed by atoms with Crippen LogP contribution in [0.25, 0.3) is 0 Å². The third kappa shape index (κ3) is 2.15. The molecule has 3 heterocycles. The number of nitrogens with zero attached hydrogens (tertiary/aromatic N) is 2. The van der Waals surface area contributed by atoms with Crippen molar-refractivity contribution in [2.24, 2.45) is 0 Å². The molecule has 1 aromatic rings. The van der Waals surface area contributed by atoms with Gasteiger partial charge in [0.2, 0.25) is 0 Å². The lowest BCUT2D eigenvalue weighted by Crippen LogP contribution is -2.42. The molecule has 0 saturated carbocycles. The van der Waals surface area contributed by atoms with Crippen molar-refractivity contribution in [3.8, 4) is 0 Å². The molecule has 0 aromatic heterocycles. The molecule has 0 radical (unpaired) electrons. The SMILES string of the molecule is c1c(CN2CCNCC2)cc2c3c1CCCN3CC2. The third-order valence-corrected chi connectivity index (χ3v) is 4.78. The summed E-state index contributed by atoms with van der Waals surface area (Å²) < 4.78 is 0. The number of piperazine rings is 1. The Balaban J connectivity index is 1.60. The highest BCUT2D eigenvalue weighted by Crippen LogP contribution is 2.37. The van der Waals surface area contributed by atoms with E-state index in [1.165, 1.54) is 45.4 Å². The Kier molecular flexibility index (Phi) is 2.97. The predicted octanol–water partition coefficient (Wildman–Crippen LogP) is 1.40. The van der Waals surface area contributed by atoms with Crippen LogP contribution in [0.4, 0.5) is 5.69 Å². The Hall–Kier alpha value is -1.06. The molecule has 0 amide bonds. The Bertz CT molecular complexity index is 477. The van der Waals surface area contributed by atoms with Crippen LogP contribution >= 0.6 is 0 Å². The van der Waals surface area contributed by atoms with Crippen LogP contribution in [0.2, 0.25) is 0 Å². The Morgan fingerprint density at radius 3 is 2.58 bits per heavy atom. The molecule has 3 aliphatic rings. The number of benzene rings is 1. The molecule has 0 aliphatic carbocycles. The highest BCUT2D eigenvalue weighted by Gasteiger charge is 2.26. The highest BCUT2D eigenvalue weighted by atomic mass is 15.2. The van der Waals surface area contributed by atoms with Crippen LogP contribution in [0.5, 0.6) is 0 Å². The van der Waals surface area contributed by atoms with Crippen molar-refractivity contribution in [3.63, 3.8) is 0 Å².